The molecule has 0 unspecified atom stereocenters. The van der Waals surface area contributed by atoms with Gasteiger partial charge >= 0.3 is 6.18 Å². The largest absolute Gasteiger partial charge is 0.416 e. The first-order chi connectivity index (χ1) is 14.8. The van der Waals surface area contributed by atoms with E-state index in [-0.39, 0.29) is 18.2 Å². The molecule has 3 rings (SSSR count). The average Bonchev–Trinajstić information content (AvgIpc) is 3.14. The minimum atomic E-state index is -4.41. The lowest BCUT2D eigenvalue weighted by atomic mass is 10.2. The third-order valence-corrected chi connectivity index (χ3v) is 5.43. The molecule has 164 valence electrons. The van der Waals surface area contributed by atoms with Crippen LogP contribution in [0.2, 0.25) is 5.02 Å². The molecule has 2 N–H and O–H groups in total. The number of benzene rings is 2. The number of aromatic nitrogens is 3. The highest BCUT2D eigenvalue weighted by Crippen LogP contribution is 2.30. The van der Waals surface area contributed by atoms with Crippen molar-refractivity contribution in [3.8, 4) is 0 Å². The van der Waals surface area contributed by atoms with Gasteiger partial charge in [-0.3, -0.25) is 4.79 Å². The summed E-state index contributed by atoms with van der Waals surface area (Å²) in [5.41, 5.74) is 0.243. The molecule has 1 heterocycles. The fraction of sp³-hybridized carbons (Fsp3) is 0.250. The standard InChI is InChI=1S/C20H19ClF3N5OS/c1-2-29-17(11-25-16-5-3-4-13(10-16)20(22,23)24)27-28-19(29)31-12-18(30)26-15-8-6-14(21)7-9-15/h3-10,25H,2,11-12H2,1H3,(H,26,30). The Morgan fingerprint density at radius 3 is 2.55 bits per heavy atom. The molecule has 2 aromatic carbocycles. The molecule has 31 heavy (non-hydrogen) atoms. The Kier molecular flexibility index (Phi) is 7.45. The molecule has 0 saturated heterocycles. The van der Waals surface area contributed by atoms with Gasteiger partial charge in [0.1, 0.15) is 0 Å². The third kappa shape index (κ3) is 6.38. The lowest BCUT2D eigenvalue weighted by Crippen LogP contribution is -2.15. The summed E-state index contributed by atoms with van der Waals surface area (Å²) in [6.07, 6.45) is -4.41. The maximum Gasteiger partial charge on any atom is 0.416 e. The van der Waals surface area contributed by atoms with Crippen molar-refractivity contribution >= 4 is 40.6 Å². The lowest BCUT2D eigenvalue weighted by Gasteiger charge is -2.11. The van der Waals surface area contributed by atoms with Crippen molar-refractivity contribution in [2.75, 3.05) is 16.4 Å². The molecule has 0 fully saturated rings. The quantitative estimate of drug-likeness (QED) is 0.437. The summed E-state index contributed by atoms with van der Waals surface area (Å²) in [5.74, 6) is 0.476. The maximum atomic E-state index is 12.9. The van der Waals surface area contributed by atoms with E-state index in [0.717, 1.165) is 12.1 Å². The molecule has 3 aromatic rings. The Labute approximate surface area is 186 Å². The van der Waals surface area contributed by atoms with E-state index in [2.05, 4.69) is 20.8 Å². The smallest absolute Gasteiger partial charge is 0.378 e. The normalized spacial score (nSPS) is 11.4. The summed E-state index contributed by atoms with van der Waals surface area (Å²) in [5, 5.41) is 15.0. The Bertz CT molecular complexity index is 1040. The van der Waals surface area contributed by atoms with Gasteiger partial charge in [-0.2, -0.15) is 13.2 Å². The van der Waals surface area contributed by atoms with Gasteiger partial charge in [0.05, 0.1) is 17.9 Å². The molecule has 11 heteroatoms. The molecule has 6 nitrogen and oxygen atoms in total. The number of anilines is 2. The van der Waals surface area contributed by atoms with Crippen molar-refractivity contribution < 1.29 is 18.0 Å². The van der Waals surface area contributed by atoms with Crippen molar-refractivity contribution in [2.24, 2.45) is 0 Å². The van der Waals surface area contributed by atoms with Crippen LogP contribution in [0.5, 0.6) is 0 Å². The number of hydrogen-bond donors (Lipinski definition) is 2. The number of thioether (sulfide) groups is 1. The van der Waals surface area contributed by atoms with Crippen molar-refractivity contribution in [2.45, 2.75) is 31.3 Å². The van der Waals surface area contributed by atoms with Crippen molar-refractivity contribution in [3.63, 3.8) is 0 Å². The van der Waals surface area contributed by atoms with E-state index in [4.69, 9.17) is 11.6 Å². The topological polar surface area (TPSA) is 71.8 Å². The van der Waals surface area contributed by atoms with Gasteiger partial charge in [-0.1, -0.05) is 29.4 Å². The SMILES string of the molecule is CCn1c(CNc2cccc(C(F)(F)F)c2)nnc1SCC(=O)Nc1ccc(Cl)cc1. The van der Waals surface area contributed by atoms with Crippen molar-refractivity contribution in [3.05, 3.63) is 64.9 Å². The second kappa shape index (κ2) is 10.1. The van der Waals surface area contributed by atoms with Gasteiger partial charge < -0.3 is 15.2 Å². The van der Waals surface area contributed by atoms with Crippen LogP contribution < -0.4 is 10.6 Å². The maximum absolute atomic E-state index is 12.9. The Morgan fingerprint density at radius 2 is 1.87 bits per heavy atom. The van der Waals surface area contributed by atoms with Crippen LogP contribution in [-0.4, -0.2) is 26.4 Å². The highest BCUT2D eigenvalue weighted by Gasteiger charge is 2.30. The first-order valence-corrected chi connectivity index (χ1v) is 10.6. The van der Waals surface area contributed by atoms with Crippen LogP contribution in [0.3, 0.4) is 0 Å². The number of amides is 1. The van der Waals surface area contributed by atoms with E-state index < -0.39 is 11.7 Å². The zero-order chi connectivity index (χ0) is 22.4. The zero-order valence-electron chi connectivity index (χ0n) is 16.4. The molecule has 0 aliphatic carbocycles. The predicted octanol–water partition coefficient (Wildman–Crippen LogP) is 5.31. The van der Waals surface area contributed by atoms with Gasteiger partial charge in [-0.15, -0.1) is 10.2 Å². The molecular formula is C20H19ClF3N5OS. The summed E-state index contributed by atoms with van der Waals surface area (Å²) in [7, 11) is 0. The minimum Gasteiger partial charge on any atom is -0.378 e. The molecule has 0 aliphatic heterocycles. The van der Waals surface area contributed by atoms with Gasteiger partial charge in [0.2, 0.25) is 5.91 Å². The van der Waals surface area contributed by atoms with Crippen LogP contribution in [0.4, 0.5) is 24.5 Å². The van der Waals surface area contributed by atoms with Gasteiger partial charge in [-0.25, -0.2) is 0 Å². The fourth-order valence-electron chi connectivity index (χ4n) is 2.72. The number of nitrogens with one attached hydrogen (secondary N) is 2. The predicted molar refractivity (Wildman–Crippen MR) is 115 cm³/mol. The van der Waals surface area contributed by atoms with E-state index in [1.165, 1.54) is 17.8 Å². The molecular weight excluding hydrogens is 451 g/mol. The second-order valence-electron chi connectivity index (χ2n) is 6.42. The molecule has 0 radical (unpaired) electrons. The number of carbonyl (C=O) groups excluding carboxylic acids is 1. The molecule has 0 spiro atoms. The van der Waals surface area contributed by atoms with Crippen LogP contribution in [-0.2, 0) is 24.1 Å². The van der Waals surface area contributed by atoms with Crippen LogP contribution >= 0.6 is 23.4 Å². The van der Waals surface area contributed by atoms with E-state index >= 15 is 0 Å². The van der Waals surface area contributed by atoms with Crippen LogP contribution in [0.1, 0.15) is 18.3 Å². The number of hydrogen-bond acceptors (Lipinski definition) is 5. The molecule has 0 atom stereocenters. The minimum absolute atomic E-state index is 0.127. The van der Waals surface area contributed by atoms with Crippen molar-refractivity contribution in [1.29, 1.82) is 0 Å². The van der Waals surface area contributed by atoms with Gasteiger partial charge in [-0.05, 0) is 49.4 Å². The van der Waals surface area contributed by atoms with Crippen LogP contribution in [0.25, 0.3) is 0 Å². The summed E-state index contributed by atoms with van der Waals surface area (Å²) in [6.45, 7) is 2.64. The molecule has 1 amide bonds. The van der Waals surface area contributed by atoms with E-state index in [0.29, 0.717) is 33.9 Å². The lowest BCUT2D eigenvalue weighted by molar-refractivity contribution is -0.137. The number of halogens is 4. The van der Waals surface area contributed by atoms with Gasteiger partial charge in [0.15, 0.2) is 11.0 Å². The fourth-order valence-corrected chi connectivity index (χ4v) is 3.67. The number of alkyl halides is 3. The summed E-state index contributed by atoms with van der Waals surface area (Å²) >= 11 is 7.05. The molecule has 0 aliphatic rings. The van der Waals surface area contributed by atoms with Gasteiger partial charge in [0, 0.05) is 22.9 Å². The molecule has 0 saturated carbocycles. The third-order valence-electron chi connectivity index (χ3n) is 4.21. The Balaban J connectivity index is 1.59. The summed E-state index contributed by atoms with van der Waals surface area (Å²) in [4.78, 5) is 12.2. The Morgan fingerprint density at radius 1 is 1.13 bits per heavy atom. The monoisotopic (exact) mass is 469 g/mol. The van der Waals surface area contributed by atoms with Gasteiger partial charge in [0.25, 0.3) is 0 Å². The number of nitrogens with zero attached hydrogens (tertiary/aromatic N) is 3. The van der Waals surface area contributed by atoms with Crippen LogP contribution in [0, 0.1) is 0 Å². The van der Waals surface area contributed by atoms with E-state index in [1.807, 2.05) is 6.92 Å². The second-order valence-corrected chi connectivity index (χ2v) is 7.80. The number of rotatable bonds is 8. The molecule has 1 aromatic heterocycles. The average molecular weight is 470 g/mol. The summed E-state index contributed by atoms with van der Waals surface area (Å²) < 4.78 is 40.4. The molecule has 0 bridgehead atoms. The first-order valence-electron chi connectivity index (χ1n) is 9.27. The van der Waals surface area contributed by atoms with E-state index in [1.54, 1.807) is 34.9 Å². The first kappa shape index (κ1) is 23.0. The van der Waals surface area contributed by atoms with E-state index in [9.17, 15) is 18.0 Å². The highest BCUT2D eigenvalue weighted by atomic mass is 35.5. The van der Waals surface area contributed by atoms with Crippen LogP contribution in [0.15, 0.2) is 53.7 Å². The highest BCUT2D eigenvalue weighted by molar-refractivity contribution is 7.99. The Hall–Kier alpha value is -2.72. The van der Waals surface area contributed by atoms with Crippen molar-refractivity contribution in [1.82, 2.24) is 14.8 Å². The zero-order valence-corrected chi connectivity index (χ0v) is 18.0. The number of carbonyl (C=O) groups is 1. The summed E-state index contributed by atoms with van der Waals surface area (Å²) in [6, 6.07) is 11.7.